The molecule has 0 saturated heterocycles. The number of phenols is 1. The van der Waals surface area contributed by atoms with Crippen LogP contribution in [0.25, 0.3) is 0 Å². The lowest BCUT2D eigenvalue weighted by atomic mass is 10.2. The zero-order chi connectivity index (χ0) is 15.9. The van der Waals surface area contributed by atoms with Gasteiger partial charge in [0.05, 0.1) is 12.8 Å². The fourth-order valence-electron chi connectivity index (χ4n) is 1.78. The van der Waals surface area contributed by atoms with Crippen LogP contribution in [0, 0.1) is 6.92 Å². The zero-order valence-electron chi connectivity index (χ0n) is 12.0. The summed E-state index contributed by atoms with van der Waals surface area (Å²) < 4.78 is 0.819. The second-order valence-electron chi connectivity index (χ2n) is 4.72. The molecule has 0 unspecified atom stereocenters. The molecule has 114 valence electrons. The van der Waals surface area contributed by atoms with Crippen LogP contribution < -0.4 is 10.7 Å². The predicted octanol–water partition coefficient (Wildman–Crippen LogP) is 3.03. The third kappa shape index (κ3) is 4.89. The molecule has 2 rings (SSSR count). The van der Waals surface area contributed by atoms with E-state index in [1.165, 1.54) is 6.21 Å². The first kappa shape index (κ1) is 16.0. The molecule has 0 spiro atoms. The van der Waals surface area contributed by atoms with Gasteiger partial charge in [0.1, 0.15) is 5.75 Å². The summed E-state index contributed by atoms with van der Waals surface area (Å²) in [7, 11) is 0. The van der Waals surface area contributed by atoms with Crippen LogP contribution in [-0.2, 0) is 4.79 Å². The molecule has 0 saturated carbocycles. The van der Waals surface area contributed by atoms with E-state index in [0.717, 1.165) is 15.7 Å². The highest BCUT2D eigenvalue weighted by Crippen LogP contribution is 2.19. The third-order valence-electron chi connectivity index (χ3n) is 2.85. The van der Waals surface area contributed by atoms with Gasteiger partial charge >= 0.3 is 0 Å². The largest absolute Gasteiger partial charge is 0.507 e. The lowest BCUT2D eigenvalue weighted by molar-refractivity contribution is -0.119. The van der Waals surface area contributed by atoms with Crippen molar-refractivity contribution in [3.63, 3.8) is 0 Å². The Balaban J connectivity index is 1.85. The molecule has 6 heteroatoms. The highest BCUT2D eigenvalue weighted by molar-refractivity contribution is 9.10. The maximum atomic E-state index is 11.7. The maximum Gasteiger partial charge on any atom is 0.259 e. The van der Waals surface area contributed by atoms with E-state index in [-0.39, 0.29) is 18.2 Å². The molecule has 0 aromatic heterocycles. The highest BCUT2D eigenvalue weighted by atomic mass is 79.9. The molecule has 0 aliphatic heterocycles. The maximum absolute atomic E-state index is 11.7. The van der Waals surface area contributed by atoms with Crippen molar-refractivity contribution in [3.8, 4) is 5.75 Å². The molecule has 3 N–H and O–H groups in total. The number of benzene rings is 2. The first-order valence-electron chi connectivity index (χ1n) is 6.65. The molecule has 2 aromatic carbocycles. The fraction of sp³-hybridized carbons (Fsp3) is 0.125. The van der Waals surface area contributed by atoms with Gasteiger partial charge in [0.2, 0.25) is 0 Å². The number of carbonyl (C=O) groups is 1. The van der Waals surface area contributed by atoms with E-state index in [0.29, 0.717) is 5.56 Å². The van der Waals surface area contributed by atoms with Gasteiger partial charge in [-0.1, -0.05) is 28.1 Å². The van der Waals surface area contributed by atoms with Crippen molar-refractivity contribution in [2.75, 3.05) is 11.9 Å². The fourth-order valence-corrected chi connectivity index (χ4v) is 2.16. The van der Waals surface area contributed by atoms with Crippen LogP contribution in [0.15, 0.2) is 52.0 Å². The van der Waals surface area contributed by atoms with Gasteiger partial charge < -0.3 is 10.4 Å². The summed E-state index contributed by atoms with van der Waals surface area (Å²) in [5.41, 5.74) is 4.92. The molecule has 0 bridgehead atoms. The van der Waals surface area contributed by atoms with Crippen LogP contribution in [0.4, 0.5) is 5.69 Å². The van der Waals surface area contributed by atoms with Crippen molar-refractivity contribution < 1.29 is 9.90 Å². The summed E-state index contributed by atoms with van der Waals surface area (Å²) in [6.45, 7) is 2.10. The summed E-state index contributed by atoms with van der Waals surface area (Å²) in [5.74, 6) is -0.175. The number of aromatic hydroxyl groups is 1. The van der Waals surface area contributed by atoms with Crippen LogP contribution in [0.1, 0.15) is 11.1 Å². The molecule has 5 nitrogen and oxygen atoms in total. The van der Waals surface area contributed by atoms with Crippen LogP contribution in [-0.4, -0.2) is 23.8 Å². The summed E-state index contributed by atoms with van der Waals surface area (Å²) >= 11 is 3.30. The second-order valence-corrected chi connectivity index (χ2v) is 5.64. The minimum absolute atomic E-state index is 0.0964. The third-order valence-corrected chi connectivity index (χ3v) is 3.35. The van der Waals surface area contributed by atoms with Crippen LogP contribution in [0.3, 0.4) is 0 Å². The smallest absolute Gasteiger partial charge is 0.259 e. The average Bonchev–Trinajstić information content (AvgIpc) is 2.49. The van der Waals surface area contributed by atoms with E-state index in [1.54, 1.807) is 18.2 Å². The molecule has 0 fully saturated rings. The standard InChI is InChI=1S/C16H16BrN3O2/c1-11-3-2-4-14(7-11)18-10-16(22)20-19-9-12-8-13(17)5-6-15(12)21/h2-9,18,21H,10H2,1H3,(H,20,22)/b19-9-. The van der Waals surface area contributed by atoms with Crippen molar-refractivity contribution in [2.24, 2.45) is 5.10 Å². The van der Waals surface area contributed by atoms with E-state index in [2.05, 4.69) is 31.8 Å². The Kier molecular flexibility index (Phi) is 5.55. The SMILES string of the molecule is Cc1cccc(NCC(=O)N/N=C\c2cc(Br)ccc2O)c1. The Bertz CT molecular complexity index is 702. The van der Waals surface area contributed by atoms with E-state index in [1.807, 2.05) is 31.2 Å². The summed E-state index contributed by atoms with van der Waals surface area (Å²) in [4.78, 5) is 11.7. The van der Waals surface area contributed by atoms with Crippen molar-refractivity contribution in [1.29, 1.82) is 0 Å². The number of phenolic OH excluding ortho intramolecular Hbond substituents is 1. The highest BCUT2D eigenvalue weighted by Gasteiger charge is 2.01. The quantitative estimate of drug-likeness (QED) is 0.566. The Labute approximate surface area is 137 Å². The molecule has 0 atom stereocenters. The van der Waals surface area contributed by atoms with Crippen molar-refractivity contribution in [3.05, 3.63) is 58.1 Å². The van der Waals surface area contributed by atoms with Gasteiger partial charge in [0.15, 0.2) is 0 Å². The van der Waals surface area contributed by atoms with Gasteiger partial charge in [0.25, 0.3) is 5.91 Å². The molecule has 1 amide bonds. The Morgan fingerprint density at radius 3 is 2.91 bits per heavy atom. The number of aryl methyl sites for hydroxylation is 1. The van der Waals surface area contributed by atoms with Gasteiger partial charge in [-0.25, -0.2) is 5.43 Å². The Hall–Kier alpha value is -2.34. The van der Waals surface area contributed by atoms with E-state index < -0.39 is 0 Å². The molecular weight excluding hydrogens is 346 g/mol. The number of hydrogen-bond donors (Lipinski definition) is 3. The number of halogens is 1. The van der Waals surface area contributed by atoms with E-state index in [9.17, 15) is 9.90 Å². The predicted molar refractivity (Wildman–Crippen MR) is 91.2 cm³/mol. The molecule has 0 aliphatic rings. The number of rotatable bonds is 5. The van der Waals surface area contributed by atoms with Crippen molar-refractivity contribution in [1.82, 2.24) is 5.43 Å². The minimum Gasteiger partial charge on any atom is -0.507 e. The number of amides is 1. The van der Waals surface area contributed by atoms with Gasteiger partial charge in [0, 0.05) is 15.7 Å². The minimum atomic E-state index is -0.271. The summed E-state index contributed by atoms with van der Waals surface area (Å²) in [6, 6.07) is 12.7. The number of hydrazone groups is 1. The normalized spacial score (nSPS) is 10.6. The molecular formula is C16H16BrN3O2. The lowest BCUT2D eigenvalue weighted by Crippen LogP contribution is -2.25. The van der Waals surface area contributed by atoms with Crippen LogP contribution in [0.2, 0.25) is 0 Å². The zero-order valence-corrected chi connectivity index (χ0v) is 13.6. The number of nitrogens with zero attached hydrogens (tertiary/aromatic N) is 1. The average molecular weight is 362 g/mol. The molecule has 2 aromatic rings. The first-order chi connectivity index (χ1) is 10.5. The molecule has 0 heterocycles. The molecule has 22 heavy (non-hydrogen) atoms. The van der Waals surface area contributed by atoms with E-state index >= 15 is 0 Å². The van der Waals surface area contributed by atoms with Crippen molar-refractivity contribution in [2.45, 2.75) is 6.92 Å². The van der Waals surface area contributed by atoms with Gasteiger partial charge in [-0.2, -0.15) is 5.10 Å². The van der Waals surface area contributed by atoms with E-state index in [4.69, 9.17) is 0 Å². The number of anilines is 1. The monoisotopic (exact) mass is 361 g/mol. The molecule has 0 radical (unpaired) electrons. The van der Waals surface area contributed by atoms with Crippen LogP contribution >= 0.6 is 15.9 Å². The van der Waals surface area contributed by atoms with Gasteiger partial charge in [-0.15, -0.1) is 0 Å². The topological polar surface area (TPSA) is 73.7 Å². The number of hydrogen-bond acceptors (Lipinski definition) is 4. The van der Waals surface area contributed by atoms with Gasteiger partial charge in [-0.05, 0) is 42.8 Å². The summed E-state index contributed by atoms with van der Waals surface area (Å²) in [6.07, 6.45) is 1.39. The number of nitrogens with one attached hydrogen (secondary N) is 2. The number of carbonyl (C=O) groups excluding carboxylic acids is 1. The lowest BCUT2D eigenvalue weighted by Gasteiger charge is -2.06. The first-order valence-corrected chi connectivity index (χ1v) is 7.45. The van der Waals surface area contributed by atoms with Gasteiger partial charge in [-0.3, -0.25) is 4.79 Å². The summed E-state index contributed by atoms with van der Waals surface area (Å²) in [5, 5.41) is 16.5. The molecule has 0 aliphatic carbocycles. The van der Waals surface area contributed by atoms with Crippen molar-refractivity contribution >= 4 is 33.7 Å². The van der Waals surface area contributed by atoms with Crippen LogP contribution in [0.5, 0.6) is 5.75 Å². The Morgan fingerprint density at radius 1 is 1.32 bits per heavy atom. The second kappa shape index (κ2) is 7.61. The Morgan fingerprint density at radius 2 is 2.14 bits per heavy atom.